The van der Waals surface area contributed by atoms with Crippen LogP contribution < -0.4 is 4.74 Å². The minimum Gasteiger partial charge on any atom is -0.507 e. The smallest absolute Gasteiger partial charge is 0.334 e. The van der Waals surface area contributed by atoms with Crippen LogP contribution in [0.25, 0.3) is 0 Å². The third-order valence-corrected chi connectivity index (χ3v) is 3.68. The molecular formula is C16H14O7. The van der Waals surface area contributed by atoms with Crippen molar-refractivity contribution in [1.82, 2.24) is 0 Å². The molecule has 2 atom stereocenters. The van der Waals surface area contributed by atoms with E-state index >= 15 is 0 Å². The molecule has 120 valence electrons. The number of benzene rings is 1. The maximum atomic E-state index is 12.8. The second kappa shape index (κ2) is 5.77. The maximum absolute atomic E-state index is 12.8. The highest BCUT2D eigenvalue weighted by atomic mass is 16.7. The number of esters is 1. The topological polar surface area (TPSA) is 102 Å². The zero-order valence-electron chi connectivity index (χ0n) is 12.2. The zero-order valence-corrected chi connectivity index (χ0v) is 12.2. The molecule has 1 aromatic rings. The molecule has 0 saturated heterocycles. The fourth-order valence-corrected chi connectivity index (χ4v) is 2.60. The van der Waals surface area contributed by atoms with Crippen LogP contribution in [0.1, 0.15) is 10.4 Å². The standard InChI is InChI=1S/C16H14O7/c1-21-15(20)9-5-8(6-17)7-22-16-12(9)14(19)13-10(18)3-2-4-11(13)23-16/h2-5,7,12,16-18H,6H2,1H3. The van der Waals surface area contributed by atoms with Crippen molar-refractivity contribution in [3.63, 3.8) is 0 Å². The van der Waals surface area contributed by atoms with Gasteiger partial charge in [0.2, 0.25) is 0 Å². The van der Waals surface area contributed by atoms with Gasteiger partial charge in [-0.05, 0) is 18.2 Å². The number of phenolic OH excluding ortho intramolecular Hbond substituents is 1. The van der Waals surface area contributed by atoms with Crippen molar-refractivity contribution in [3.8, 4) is 11.5 Å². The summed E-state index contributed by atoms with van der Waals surface area (Å²) in [5, 5.41) is 19.2. The third-order valence-electron chi connectivity index (χ3n) is 3.68. The predicted molar refractivity (Wildman–Crippen MR) is 76.7 cm³/mol. The average Bonchev–Trinajstić information content (AvgIpc) is 2.74. The molecule has 7 nitrogen and oxygen atoms in total. The lowest BCUT2D eigenvalue weighted by Crippen LogP contribution is -2.41. The summed E-state index contributed by atoms with van der Waals surface area (Å²) in [6.07, 6.45) is 1.48. The van der Waals surface area contributed by atoms with E-state index in [0.29, 0.717) is 5.57 Å². The summed E-state index contributed by atoms with van der Waals surface area (Å²) in [6, 6.07) is 4.41. The molecule has 0 amide bonds. The van der Waals surface area contributed by atoms with Gasteiger partial charge in [0.05, 0.1) is 25.6 Å². The fourth-order valence-electron chi connectivity index (χ4n) is 2.60. The Hall–Kier alpha value is -2.80. The summed E-state index contributed by atoms with van der Waals surface area (Å²) in [7, 11) is 1.19. The van der Waals surface area contributed by atoms with E-state index in [0.717, 1.165) is 0 Å². The van der Waals surface area contributed by atoms with E-state index in [-0.39, 0.29) is 29.2 Å². The van der Waals surface area contributed by atoms with Gasteiger partial charge < -0.3 is 24.4 Å². The quantitative estimate of drug-likeness (QED) is 0.781. The molecular weight excluding hydrogens is 304 g/mol. The minimum atomic E-state index is -1.11. The lowest BCUT2D eigenvalue weighted by molar-refractivity contribution is -0.138. The number of Topliss-reactive ketones (excluding diaryl/α,β-unsaturated/α-hetero) is 1. The van der Waals surface area contributed by atoms with Crippen molar-refractivity contribution in [2.75, 3.05) is 13.7 Å². The number of aliphatic hydroxyl groups is 1. The normalized spacial score (nSPS) is 22.4. The van der Waals surface area contributed by atoms with Crippen LogP contribution in [-0.2, 0) is 14.3 Å². The molecule has 0 bridgehead atoms. The Labute approximate surface area is 131 Å². The summed E-state index contributed by atoms with van der Waals surface area (Å²) in [4.78, 5) is 24.8. The summed E-state index contributed by atoms with van der Waals surface area (Å²) in [5.41, 5.74) is 0.276. The number of aromatic hydroxyl groups is 1. The maximum Gasteiger partial charge on any atom is 0.334 e. The number of hydrogen-bond acceptors (Lipinski definition) is 7. The highest BCUT2D eigenvalue weighted by molar-refractivity contribution is 6.09. The molecule has 2 aliphatic rings. The molecule has 0 aliphatic carbocycles. The van der Waals surface area contributed by atoms with Gasteiger partial charge >= 0.3 is 5.97 Å². The number of ether oxygens (including phenoxy) is 3. The van der Waals surface area contributed by atoms with E-state index in [1.165, 1.54) is 37.6 Å². The van der Waals surface area contributed by atoms with Gasteiger partial charge in [0.25, 0.3) is 6.29 Å². The number of aliphatic hydroxyl groups excluding tert-OH is 1. The van der Waals surface area contributed by atoms with Crippen LogP contribution in [0.3, 0.4) is 0 Å². The monoisotopic (exact) mass is 318 g/mol. The first-order valence-corrected chi connectivity index (χ1v) is 6.85. The summed E-state index contributed by atoms with van der Waals surface area (Å²) >= 11 is 0. The molecule has 2 unspecified atom stereocenters. The molecule has 0 aromatic heterocycles. The van der Waals surface area contributed by atoms with Gasteiger partial charge in [-0.15, -0.1) is 0 Å². The van der Waals surface area contributed by atoms with E-state index in [4.69, 9.17) is 14.2 Å². The van der Waals surface area contributed by atoms with E-state index < -0.39 is 24.0 Å². The van der Waals surface area contributed by atoms with Crippen molar-refractivity contribution in [2.24, 2.45) is 5.92 Å². The van der Waals surface area contributed by atoms with Crippen molar-refractivity contribution < 1.29 is 34.0 Å². The van der Waals surface area contributed by atoms with Crippen LogP contribution in [0.4, 0.5) is 0 Å². The van der Waals surface area contributed by atoms with Crippen molar-refractivity contribution in [3.05, 3.63) is 47.2 Å². The highest BCUT2D eigenvalue weighted by Gasteiger charge is 2.45. The molecule has 0 spiro atoms. The van der Waals surface area contributed by atoms with Gasteiger partial charge in [0.15, 0.2) is 5.78 Å². The molecule has 7 heteroatoms. The molecule has 3 rings (SSSR count). The van der Waals surface area contributed by atoms with E-state index in [2.05, 4.69) is 0 Å². The number of carbonyl (C=O) groups excluding carboxylic acids is 2. The largest absolute Gasteiger partial charge is 0.507 e. The van der Waals surface area contributed by atoms with Gasteiger partial charge in [-0.3, -0.25) is 4.79 Å². The van der Waals surface area contributed by atoms with E-state index in [9.17, 15) is 19.8 Å². The zero-order chi connectivity index (χ0) is 16.6. The van der Waals surface area contributed by atoms with Crippen LogP contribution >= 0.6 is 0 Å². The number of methoxy groups -OCH3 is 1. The summed E-state index contributed by atoms with van der Waals surface area (Å²) in [6.45, 7) is -0.383. The molecule has 0 radical (unpaired) electrons. The Bertz CT molecular complexity index is 732. The number of phenols is 1. The minimum absolute atomic E-state index is 0.00537. The van der Waals surface area contributed by atoms with E-state index in [1.807, 2.05) is 0 Å². The molecule has 1 aromatic carbocycles. The fraction of sp³-hybridized carbons (Fsp3) is 0.250. The molecule has 2 aliphatic heterocycles. The van der Waals surface area contributed by atoms with Gasteiger partial charge in [-0.25, -0.2) is 4.79 Å². The summed E-state index contributed by atoms with van der Waals surface area (Å²) < 4.78 is 15.7. The SMILES string of the molecule is COC(=O)C1=CC(CO)=COC2Oc3cccc(O)c3C(=O)C12. The van der Waals surface area contributed by atoms with Gasteiger partial charge in [0, 0.05) is 5.57 Å². The average molecular weight is 318 g/mol. The third kappa shape index (κ3) is 2.44. The van der Waals surface area contributed by atoms with Crippen LogP contribution in [-0.4, -0.2) is 42.0 Å². The Balaban J connectivity index is 2.13. The molecule has 0 fully saturated rings. The number of hydrogen-bond donors (Lipinski definition) is 2. The van der Waals surface area contributed by atoms with Gasteiger partial charge in [0.1, 0.15) is 23.0 Å². The molecule has 2 heterocycles. The van der Waals surface area contributed by atoms with Crippen LogP contribution in [0.5, 0.6) is 11.5 Å². The van der Waals surface area contributed by atoms with Gasteiger partial charge in [-0.1, -0.05) is 6.07 Å². The van der Waals surface area contributed by atoms with Crippen LogP contribution in [0, 0.1) is 5.92 Å². The second-order valence-electron chi connectivity index (χ2n) is 5.06. The van der Waals surface area contributed by atoms with Crippen LogP contribution in [0.15, 0.2) is 41.7 Å². The molecule has 2 N–H and O–H groups in total. The Kier molecular flexibility index (Phi) is 3.79. The highest BCUT2D eigenvalue weighted by Crippen LogP contribution is 2.40. The summed E-state index contributed by atoms with van der Waals surface area (Å²) in [5.74, 6) is -2.43. The second-order valence-corrected chi connectivity index (χ2v) is 5.06. The number of carbonyl (C=O) groups is 2. The first-order valence-electron chi connectivity index (χ1n) is 6.85. The van der Waals surface area contributed by atoms with Crippen LogP contribution in [0.2, 0.25) is 0 Å². The van der Waals surface area contributed by atoms with Crippen molar-refractivity contribution >= 4 is 11.8 Å². The van der Waals surface area contributed by atoms with Crippen molar-refractivity contribution in [1.29, 1.82) is 0 Å². The number of ketones is 1. The first kappa shape index (κ1) is 15.1. The Morgan fingerprint density at radius 2 is 2.17 bits per heavy atom. The molecule has 23 heavy (non-hydrogen) atoms. The number of rotatable bonds is 2. The molecule has 0 saturated carbocycles. The number of fused-ring (bicyclic) bond motifs is 2. The first-order chi connectivity index (χ1) is 11.1. The lowest BCUT2D eigenvalue weighted by Gasteiger charge is -2.31. The van der Waals surface area contributed by atoms with Gasteiger partial charge in [-0.2, -0.15) is 0 Å². The van der Waals surface area contributed by atoms with E-state index in [1.54, 1.807) is 0 Å². The Morgan fingerprint density at radius 1 is 1.39 bits per heavy atom. The van der Waals surface area contributed by atoms with Crippen molar-refractivity contribution in [2.45, 2.75) is 6.29 Å². The predicted octanol–water partition coefficient (Wildman–Crippen LogP) is 0.915. The lowest BCUT2D eigenvalue weighted by atomic mass is 9.86. The Morgan fingerprint density at radius 3 is 2.87 bits per heavy atom.